The van der Waals surface area contributed by atoms with E-state index in [-0.39, 0.29) is 18.7 Å². The number of urea groups is 1. The van der Waals surface area contributed by atoms with E-state index in [2.05, 4.69) is 10.6 Å². The number of hydrogen-bond donors (Lipinski definition) is 3. The maximum Gasteiger partial charge on any atom is 0.326 e. The molecule has 1 aliphatic heterocycles. The molecule has 8 heteroatoms. The molecule has 100 valence electrons. The summed E-state index contributed by atoms with van der Waals surface area (Å²) >= 11 is 0. The second-order valence-corrected chi connectivity index (χ2v) is 3.96. The number of nitrogens with one attached hydrogen (secondary N) is 2. The van der Waals surface area contributed by atoms with Gasteiger partial charge in [0.05, 0.1) is 6.42 Å². The topological polar surface area (TPSA) is 116 Å². The fourth-order valence-corrected chi connectivity index (χ4v) is 1.56. The van der Waals surface area contributed by atoms with E-state index in [4.69, 9.17) is 5.11 Å². The van der Waals surface area contributed by atoms with Crippen molar-refractivity contribution in [3.8, 4) is 0 Å². The molecule has 2 unspecified atom stereocenters. The molecule has 0 spiro atoms. The molecular weight excluding hydrogens is 242 g/mol. The number of likely N-dealkylation sites (N-methyl/N-ethyl adjacent to an activating group) is 1. The van der Waals surface area contributed by atoms with Gasteiger partial charge in [0.1, 0.15) is 12.1 Å². The fourth-order valence-electron chi connectivity index (χ4n) is 1.56. The molecule has 2 atom stereocenters. The van der Waals surface area contributed by atoms with Crippen LogP contribution in [0, 0.1) is 0 Å². The molecule has 0 aromatic rings. The number of rotatable bonds is 4. The van der Waals surface area contributed by atoms with Crippen LogP contribution in [0.15, 0.2) is 0 Å². The van der Waals surface area contributed by atoms with Crippen molar-refractivity contribution in [2.24, 2.45) is 0 Å². The highest BCUT2D eigenvalue weighted by Crippen LogP contribution is 2.10. The molecule has 18 heavy (non-hydrogen) atoms. The minimum atomic E-state index is -1.15. The van der Waals surface area contributed by atoms with Crippen molar-refractivity contribution >= 4 is 23.8 Å². The number of nitrogens with zero attached hydrogens (tertiary/aromatic N) is 1. The Labute approximate surface area is 103 Å². The predicted molar refractivity (Wildman–Crippen MR) is 59.6 cm³/mol. The lowest BCUT2D eigenvalue weighted by Crippen LogP contribution is -2.50. The first-order valence-electron chi connectivity index (χ1n) is 5.47. The lowest BCUT2D eigenvalue weighted by Gasteiger charge is -2.15. The van der Waals surface area contributed by atoms with E-state index < -0.39 is 30.0 Å². The van der Waals surface area contributed by atoms with Crippen LogP contribution < -0.4 is 10.6 Å². The van der Waals surface area contributed by atoms with Gasteiger partial charge in [-0.1, -0.05) is 6.92 Å². The Morgan fingerprint density at radius 2 is 2.11 bits per heavy atom. The third kappa shape index (κ3) is 2.96. The number of carboxylic acid groups (broad SMARTS) is 1. The number of likely N-dealkylation sites (tertiary alicyclic amines) is 1. The van der Waals surface area contributed by atoms with Crippen LogP contribution in [0.4, 0.5) is 4.79 Å². The monoisotopic (exact) mass is 257 g/mol. The van der Waals surface area contributed by atoms with Gasteiger partial charge in [-0.25, -0.2) is 9.59 Å². The van der Waals surface area contributed by atoms with E-state index in [1.54, 1.807) is 6.92 Å². The first-order chi connectivity index (χ1) is 8.36. The summed E-state index contributed by atoms with van der Waals surface area (Å²) < 4.78 is 0. The van der Waals surface area contributed by atoms with Gasteiger partial charge in [-0.3, -0.25) is 14.5 Å². The zero-order valence-corrected chi connectivity index (χ0v) is 10.1. The smallest absolute Gasteiger partial charge is 0.326 e. The van der Waals surface area contributed by atoms with Crippen molar-refractivity contribution < 1.29 is 24.3 Å². The molecule has 1 saturated heterocycles. The first kappa shape index (κ1) is 13.9. The summed E-state index contributed by atoms with van der Waals surface area (Å²) in [5.41, 5.74) is 0. The van der Waals surface area contributed by atoms with Crippen molar-refractivity contribution in [1.29, 1.82) is 0 Å². The van der Waals surface area contributed by atoms with Crippen LogP contribution in [0.1, 0.15) is 19.8 Å². The normalized spacial score (nSPS) is 20.8. The maximum absolute atomic E-state index is 11.5. The summed E-state index contributed by atoms with van der Waals surface area (Å²) in [4.78, 5) is 45.8. The van der Waals surface area contributed by atoms with E-state index in [1.807, 2.05) is 0 Å². The number of hydrogen-bond acceptors (Lipinski definition) is 4. The average molecular weight is 257 g/mol. The zero-order chi connectivity index (χ0) is 13.9. The zero-order valence-electron chi connectivity index (χ0n) is 10.1. The molecule has 4 amide bonds. The van der Waals surface area contributed by atoms with Crippen molar-refractivity contribution in [2.75, 3.05) is 7.05 Å². The summed E-state index contributed by atoms with van der Waals surface area (Å²) in [6.45, 7) is 1.61. The van der Waals surface area contributed by atoms with Crippen molar-refractivity contribution in [3.63, 3.8) is 0 Å². The predicted octanol–water partition coefficient (Wildman–Crippen LogP) is -1.09. The SMILES string of the molecule is CCC(NC(=O)NC1CC(=O)N(C)C1=O)C(=O)O. The molecule has 0 bridgehead atoms. The summed E-state index contributed by atoms with van der Waals surface area (Å²) in [7, 11) is 1.33. The average Bonchev–Trinajstić information content (AvgIpc) is 2.53. The van der Waals surface area contributed by atoms with Gasteiger partial charge in [0, 0.05) is 7.05 Å². The first-order valence-corrected chi connectivity index (χ1v) is 5.47. The molecule has 3 N–H and O–H groups in total. The fraction of sp³-hybridized carbons (Fsp3) is 0.600. The van der Waals surface area contributed by atoms with Crippen LogP contribution in [-0.4, -0.2) is 53.0 Å². The standard InChI is InChI=1S/C10H15N3O5/c1-3-5(9(16)17)11-10(18)12-6-4-7(14)13(2)8(6)15/h5-6H,3-4H2,1-2H3,(H,16,17)(H2,11,12,18). The van der Waals surface area contributed by atoms with Crippen molar-refractivity contribution in [2.45, 2.75) is 31.8 Å². The van der Waals surface area contributed by atoms with E-state index in [0.29, 0.717) is 0 Å². The Morgan fingerprint density at radius 1 is 1.50 bits per heavy atom. The molecule has 0 radical (unpaired) electrons. The van der Waals surface area contributed by atoms with Crippen LogP contribution in [0.3, 0.4) is 0 Å². The van der Waals surface area contributed by atoms with Crippen LogP contribution >= 0.6 is 0 Å². The van der Waals surface area contributed by atoms with E-state index in [9.17, 15) is 19.2 Å². The van der Waals surface area contributed by atoms with E-state index >= 15 is 0 Å². The highest BCUT2D eigenvalue weighted by molar-refractivity contribution is 6.06. The molecule has 0 aromatic carbocycles. The molecule has 0 aromatic heterocycles. The number of imide groups is 1. The number of carboxylic acids is 1. The molecule has 1 aliphatic rings. The van der Waals surface area contributed by atoms with Gasteiger partial charge in [0.25, 0.3) is 5.91 Å². The number of aliphatic carboxylic acids is 1. The summed E-state index contributed by atoms with van der Waals surface area (Å²) in [6, 6.07) is -2.71. The van der Waals surface area contributed by atoms with Crippen molar-refractivity contribution in [1.82, 2.24) is 15.5 Å². The van der Waals surface area contributed by atoms with Crippen LogP contribution in [0.25, 0.3) is 0 Å². The van der Waals surface area contributed by atoms with Gasteiger partial charge in [0.15, 0.2) is 0 Å². The Kier molecular flexibility index (Phi) is 4.24. The molecule has 1 heterocycles. The molecule has 0 saturated carbocycles. The van der Waals surface area contributed by atoms with Crippen LogP contribution in [0.2, 0.25) is 0 Å². The Bertz CT molecular complexity index is 395. The van der Waals surface area contributed by atoms with Crippen molar-refractivity contribution in [3.05, 3.63) is 0 Å². The number of carbonyl (C=O) groups is 4. The van der Waals surface area contributed by atoms with E-state index in [0.717, 1.165) is 4.90 Å². The largest absolute Gasteiger partial charge is 0.480 e. The maximum atomic E-state index is 11.5. The highest BCUT2D eigenvalue weighted by Gasteiger charge is 2.37. The summed E-state index contributed by atoms with van der Waals surface area (Å²) in [5, 5.41) is 13.2. The summed E-state index contributed by atoms with van der Waals surface area (Å²) in [5.74, 6) is -2.03. The lowest BCUT2D eigenvalue weighted by molar-refractivity contribution is -0.139. The van der Waals surface area contributed by atoms with Gasteiger partial charge in [-0.2, -0.15) is 0 Å². The third-order valence-electron chi connectivity index (χ3n) is 2.70. The quantitative estimate of drug-likeness (QED) is 0.553. The highest BCUT2D eigenvalue weighted by atomic mass is 16.4. The Hall–Kier alpha value is -2.12. The van der Waals surface area contributed by atoms with Gasteiger partial charge in [0.2, 0.25) is 5.91 Å². The molecule has 1 rings (SSSR count). The van der Waals surface area contributed by atoms with Crippen LogP contribution in [0.5, 0.6) is 0 Å². The summed E-state index contributed by atoms with van der Waals surface area (Å²) in [6.07, 6.45) is 0.118. The lowest BCUT2D eigenvalue weighted by atomic mass is 10.2. The number of amides is 4. The van der Waals surface area contributed by atoms with Gasteiger partial charge >= 0.3 is 12.0 Å². The number of carbonyl (C=O) groups excluding carboxylic acids is 3. The minimum Gasteiger partial charge on any atom is -0.480 e. The molecule has 8 nitrogen and oxygen atoms in total. The third-order valence-corrected chi connectivity index (χ3v) is 2.70. The second-order valence-electron chi connectivity index (χ2n) is 3.96. The second kappa shape index (κ2) is 5.48. The molecular formula is C10H15N3O5. The Balaban J connectivity index is 2.53. The van der Waals surface area contributed by atoms with Gasteiger partial charge in [-0.15, -0.1) is 0 Å². The molecule has 0 aliphatic carbocycles. The minimum absolute atomic E-state index is 0.105. The van der Waals surface area contributed by atoms with Gasteiger partial charge < -0.3 is 15.7 Å². The van der Waals surface area contributed by atoms with Gasteiger partial charge in [-0.05, 0) is 6.42 Å². The van der Waals surface area contributed by atoms with Crippen LogP contribution in [-0.2, 0) is 14.4 Å². The Morgan fingerprint density at radius 3 is 2.50 bits per heavy atom. The van der Waals surface area contributed by atoms with E-state index in [1.165, 1.54) is 7.05 Å². The molecule has 1 fully saturated rings.